The summed E-state index contributed by atoms with van der Waals surface area (Å²) in [6.45, 7) is 6.96. The average molecular weight is 253 g/mol. The molecule has 0 fully saturated rings. The maximum absolute atomic E-state index is 10.9. The van der Waals surface area contributed by atoms with Gasteiger partial charge in [-0.1, -0.05) is 0 Å². The molecule has 0 amide bonds. The van der Waals surface area contributed by atoms with Crippen molar-refractivity contribution in [3.63, 3.8) is 0 Å². The fourth-order valence-electron chi connectivity index (χ4n) is 1.58. The van der Waals surface area contributed by atoms with Gasteiger partial charge in [0.05, 0.1) is 17.9 Å². The molecule has 1 aromatic heterocycles. The van der Waals surface area contributed by atoms with Crippen LogP contribution in [0, 0.1) is 6.92 Å². The van der Waals surface area contributed by atoms with Gasteiger partial charge >= 0.3 is 5.97 Å². The Morgan fingerprint density at radius 2 is 2.22 bits per heavy atom. The summed E-state index contributed by atoms with van der Waals surface area (Å²) in [6.07, 6.45) is 1.35. The maximum Gasteiger partial charge on any atom is 0.339 e. The number of carbonyl (C=O) groups is 1. The summed E-state index contributed by atoms with van der Waals surface area (Å²) >= 11 is 0. The summed E-state index contributed by atoms with van der Waals surface area (Å²) in [4.78, 5) is 21.2. The van der Waals surface area contributed by atoms with E-state index >= 15 is 0 Å². The van der Waals surface area contributed by atoms with Gasteiger partial charge in [0, 0.05) is 25.9 Å². The van der Waals surface area contributed by atoms with Crippen molar-refractivity contribution in [1.29, 1.82) is 0 Å². The quantitative estimate of drug-likeness (QED) is 0.824. The SMILES string of the molecule is COCCN(c1ncc(C(=O)O)c(C)n1)C(C)C. The molecule has 0 bridgehead atoms. The van der Waals surface area contributed by atoms with Gasteiger partial charge in [0.25, 0.3) is 0 Å². The summed E-state index contributed by atoms with van der Waals surface area (Å²) in [5.41, 5.74) is 0.602. The number of aryl methyl sites for hydroxylation is 1. The molecule has 0 saturated heterocycles. The van der Waals surface area contributed by atoms with Crippen LogP contribution in [0.2, 0.25) is 0 Å². The van der Waals surface area contributed by atoms with Crippen molar-refractivity contribution >= 4 is 11.9 Å². The van der Waals surface area contributed by atoms with Crippen LogP contribution in [0.5, 0.6) is 0 Å². The van der Waals surface area contributed by atoms with Gasteiger partial charge < -0.3 is 14.7 Å². The lowest BCUT2D eigenvalue weighted by Crippen LogP contribution is -2.35. The summed E-state index contributed by atoms with van der Waals surface area (Å²) in [6, 6.07) is 0.218. The molecule has 0 unspecified atom stereocenters. The number of ether oxygens (including phenoxy) is 1. The van der Waals surface area contributed by atoms with Gasteiger partial charge in [0.15, 0.2) is 0 Å². The molecule has 0 spiro atoms. The molecule has 1 aromatic rings. The molecule has 0 aliphatic rings. The number of anilines is 1. The monoisotopic (exact) mass is 253 g/mol. The first-order chi connectivity index (χ1) is 8.47. The van der Waals surface area contributed by atoms with Gasteiger partial charge in [-0.3, -0.25) is 0 Å². The highest BCUT2D eigenvalue weighted by atomic mass is 16.5. The highest BCUT2D eigenvalue weighted by molar-refractivity contribution is 5.88. The van der Waals surface area contributed by atoms with Crippen molar-refractivity contribution < 1.29 is 14.6 Å². The lowest BCUT2D eigenvalue weighted by molar-refractivity contribution is 0.0695. The Labute approximate surface area is 107 Å². The second-order valence-corrected chi connectivity index (χ2v) is 4.25. The highest BCUT2D eigenvalue weighted by Crippen LogP contribution is 2.13. The first-order valence-corrected chi connectivity index (χ1v) is 5.80. The number of aromatic carboxylic acids is 1. The number of methoxy groups -OCH3 is 1. The fourth-order valence-corrected chi connectivity index (χ4v) is 1.58. The first-order valence-electron chi connectivity index (χ1n) is 5.80. The molecule has 0 atom stereocenters. The zero-order chi connectivity index (χ0) is 13.7. The minimum Gasteiger partial charge on any atom is -0.478 e. The third-order valence-corrected chi connectivity index (χ3v) is 2.61. The van der Waals surface area contributed by atoms with Gasteiger partial charge in [-0.25, -0.2) is 14.8 Å². The Morgan fingerprint density at radius 1 is 1.56 bits per heavy atom. The minimum atomic E-state index is -1.01. The molecule has 1 rings (SSSR count). The van der Waals surface area contributed by atoms with Crippen molar-refractivity contribution in [3.05, 3.63) is 17.5 Å². The van der Waals surface area contributed by atoms with Gasteiger partial charge in [-0.15, -0.1) is 0 Å². The number of carboxylic acid groups (broad SMARTS) is 1. The Kier molecular flexibility index (Phi) is 5.03. The number of hydrogen-bond acceptors (Lipinski definition) is 5. The largest absolute Gasteiger partial charge is 0.478 e. The Bertz CT molecular complexity index is 421. The number of carboxylic acids is 1. The normalized spacial score (nSPS) is 10.7. The Morgan fingerprint density at radius 3 is 2.67 bits per heavy atom. The fraction of sp³-hybridized carbons (Fsp3) is 0.583. The summed E-state index contributed by atoms with van der Waals surface area (Å²) in [5, 5.41) is 8.93. The topological polar surface area (TPSA) is 75.5 Å². The van der Waals surface area contributed by atoms with E-state index in [1.54, 1.807) is 14.0 Å². The maximum atomic E-state index is 10.9. The van der Waals surface area contributed by atoms with Crippen LogP contribution < -0.4 is 4.90 Å². The third-order valence-electron chi connectivity index (χ3n) is 2.61. The molecule has 6 nitrogen and oxygen atoms in total. The summed E-state index contributed by atoms with van der Waals surface area (Å²) in [5.74, 6) is -0.475. The van der Waals surface area contributed by atoms with E-state index in [2.05, 4.69) is 9.97 Å². The number of hydrogen-bond donors (Lipinski definition) is 1. The number of nitrogens with zero attached hydrogens (tertiary/aromatic N) is 3. The zero-order valence-corrected chi connectivity index (χ0v) is 11.2. The number of aromatic nitrogens is 2. The van der Waals surface area contributed by atoms with E-state index < -0.39 is 5.97 Å². The van der Waals surface area contributed by atoms with Crippen LogP contribution in [-0.4, -0.2) is 47.3 Å². The molecular weight excluding hydrogens is 234 g/mol. The highest BCUT2D eigenvalue weighted by Gasteiger charge is 2.16. The van der Waals surface area contributed by atoms with Crippen molar-refractivity contribution in [2.24, 2.45) is 0 Å². The molecule has 100 valence electrons. The van der Waals surface area contributed by atoms with E-state index in [0.717, 1.165) is 0 Å². The van der Waals surface area contributed by atoms with Gasteiger partial charge in [-0.2, -0.15) is 0 Å². The second kappa shape index (κ2) is 6.30. The van der Waals surface area contributed by atoms with E-state index in [-0.39, 0.29) is 11.6 Å². The van der Waals surface area contributed by atoms with Crippen molar-refractivity contribution in [1.82, 2.24) is 9.97 Å². The Balaban J connectivity index is 2.99. The molecule has 0 aliphatic carbocycles. The van der Waals surface area contributed by atoms with Gasteiger partial charge in [0.1, 0.15) is 0 Å². The van der Waals surface area contributed by atoms with E-state index in [4.69, 9.17) is 9.84 Å². The molecule has 18 heavy (non-hydrogen) atoms. The van der Waals surface area contributed by atoms with Gasteiger partial charge in [-0.05, 0) is 20.8 Å². The molecule has 1 heterocycles. The smallest absolute Gasteiger partial charge is 0.339 e. The zero-order valence-electron chi connectivity index (χ0n) is 11.2. The van der Waals surface area contributed by atoms with Crippen LogP contribution in [0.1, 0.15) is 29.9 Å². The molecule has 6 heteroatoms. The van der Waals surface area contributed by atoms with Crippen LogP contribution >= 0.6 is 0 Å². The Hall–Kier alpha value is -1.69. The molecule has 0 radical (unpaired) electrons. The first kappa shape index (κ1) is 14.4. The van der Waals surface area contributed by atoms with Gasteiger partial charge in [0.2, 0.25) is 5.95 Å². The molecule has 0 aromatic carbocycles. The molecule has 1 N–H and O–H groups in total. The molecular formula is C12H19N3O3. The van der Waals surface area contributed by atoms with Crippen LogP contribution in [0.15, 0.2) is 6.20 Å². The molecule has 0 aliphatic heterocycles. The number of rotatable bonds is 6. The van der Waals surface area contributed by atoms with E-state index in [9.17, 15) is 4.79 Å². The lowest BCUT2D eigenvalue weighted by Gasteiger charge is -2.26. The van der Waals surface area contributed by atoms with Crippen molar-refractivity contribution in [2.45, 2.75) is 26.8 Å². The standard InChI is InChI=1S/C12H19N3O3/c1-8(2)15(5-6-18-4)12-13-7-10(11(16)17)9(3)14-12/h7-8H,5-6H2,1-4H3,(H,16,17). The van der Waals surface area contributed by atoms with Crippen molar-refractivity contribution in [3.8, 4) is 0 Å². The molecule has 0 saturated carbocycles. The van der Waals surface area contributed by atoms with E-state index in [1.165, 1.54) is 6.20 Å². The average Bonchev–Trinajstić information content (AvgIpc) is 2.28. The van der Waals surface area contributed by atoms with E-state index in [1.807, 2.05) is 18.7 Å². The summed E-state index contributed by atoms with van der Waals surface area (Å²) < 4.78 is 5.04. The second-order valence-electron chi connectivity index (χ2n) is 4.25. The lowest BCUT2D eigenvalue weighted by atomic mass is 10.2. The predicted octanol–water partition coefficient (Wildman–Crippen LogP) is 1.34. The third kappa shape index (κ3) is 3.40. The predicted molar refractivity (Wildman–Crippen MR) is 68.1 cm³/mol. The van der Waals surface area contributed by atoms with E-state index in [0.29, 0.717) is 24.8 Å². The van der Waals surface area contributed by atoms with Crippen LogP contribution in [0.4, 0.5) is 5.95 Å². The minimum absolute atomic E-state index is 0.134. The van der Waals surface area contributed by atoms with Crippen molar-refractivity contribution in [2.75, 3.05) is 25.2 Å². The van der Waals surface area contributed by atoms with Crippen LogP contribution in [-0.2, 0) is 4.74 Å². The summed E-state index contributed by atoms with van der Waals surface area (Å²) in [7, 11) is 1.64. The van der Waals surface area contributed by atoms with Crippen LogP contribution in [0.25, 0.3) is 0 Å². The van der Waals surface area contributed by atoms with Crippen LogP contribution in [0.3, 0.4) is 0 Å².